The molecular weight excluding hydrogens is 266 g/mol. The van der Waals surface area contributed by atoms with Crippen molar-refractivity contribution in [3.63, 3.8) is 0 Å². The standard InChI is InChI=1S/C13H20F2N4O/c1-10-5-18(8-13(20-10)3-2-4-13)7-12-16-9-17-19(12)6-11(14)15/h9-11H,2-8H2,1H3. The Hall–Kier alpha value is -1.08. The van der Waals surface area contributed by atoms with E-state index in [0.29, 0.717) is 12.4 Å². The summed E-state index contributed by atoms with van der Waals surface area (Å²) in [4.78, 5) is 6.37. The van der Waals surface area contributed by atoms with Crippen molar-refractivity contribution in [1.82, 2.24) is 19.7 Å². The van der Waals surface area contributed by atoms with E-state index in [9.17, 15) is 8.78 Å². The van der Waals surface area contributed by atoms with Crippen LogP contribution in [0.3, 0.4) is 0 Å². The number of nitrogens with zero attached hydrogens (tertiary/aromatic N) is 4. The summed E-state index contributed by atoms with van der Waals surface area (Å²) >= 11 is 0. The van der Waals surface area contributed by atoms with Gasteiger partial charge in [0.2, 0.25) is 0 Å². The number of hydrogen-bond donors (Lipinski definition) is 0. The van der Waals surface area contributed by atoms with Gasteiger partial charge in [0.25, 0.3) is 6.43 Å². The van der Waals surface area contributed by atoms with Crippen LogP contribution in [0.1, 0.15) is 32.0 Å². The second-order valence-corrected chi connectivity index (χ2v) is 5.88. The molecule has 1 aromatic rings. The van der Waals surface area contributed by atoms with Crippen LogP contribution in [0.5, 0.6) is 0 Å². The first-order chi connectivity index (χ1) is 9.56. The fourth-order valence-corrected chi connectivity index (χ4v) is 3.20. The monoisotopic (exact) mass is 286 g/mol. The summed E-state index contributed by atoms with van der Waals surface area (Å²) in [5.74, 6) is 0.605. The Kier molecular flexibility index (Phi) is 3.72. The molecule has 1 atom stereocenters. The van der Waals surface area contributed by atoms with Crippen LogP contribution in [0.4, 0.5) is 8.78 Å². The zero-order valence-corrected chi connectivity index (χ0v) is 11.6. The molecular formula is C13H20F2N4O. The molecule has 0 radical (unpaired) electrons. The van der Waals surface area contributed by atoms with Crippen LogP contribution in [-0.2, 0) is 17.8 Å². The first-order valence-corrected chi connectivity index (χ1v) is 7.11. The van der Waals surface area contributed by atoms with Crippen molar-refractivity contribution >= 4 is 0 Å². The molecule has 112 valence electrons. The Morgan fingerprint density at radius 1 is 1.50 bits per heavy atom. The molecule has 1 spiro atoms. The molecule has 2 fully saturated rings. The summed E-state index contributed by atoms with van der Waals surface area (Å²) in [6.45, 7) is 3.90. The maximum atomic E-state index is 12.5. The van der Waals surface area contributed by atoms with Crippen LogP contribution in [0, 0.1) is 0 Å². The Labute approximate surface area is 116 Å². The van der Waals surface area contributed by atoms with Gasteiger partial charge in [-0.2, -0.15) is 5.10 Å². The molecule has 7 heteroatoms. The first kappa shape index (κ1) is 13.9. The number of morpholine rings is 1. The van der Waals surface area contributed by atoms with Crippen molar-refractivity contribution in [2.24, 2.45) is 0 Å². The lowest BCUT2D eigenvalue weighted by Gasteiger charge is -2.50. The lowest BCUT2D eigenvalue weighted by Crippen LogP contribution is -2.58. The average Bonchev–Trinajstić information content (AvgIpc) is 2.73. The highest BCUT2D eigenvalue weighted by Crippen LogP contribution is 2.39. The van der Waals surface area contributed by atoms with Gasteiger partial charge >= 0.3 is 0 Å². The van der Waals surface area contributed by atoms with Gasteiger partial charge in [0.1, 0.15) is 18.7 Å². The van der Waals surface area contributed by atoms with Crippen LogP contribution in [-0.4, -0.2) is 50.9 Å². The van der Waals surface area contributed by atoms with Gasteiger partial charge in [0.15, 0.2) is 0 Å². The fourth-order valence-electron chi connectivity index (χ4n) is 3.20. The molecule has 2 aliphatic rings. The lowest BCUT2D eigenvalue weighted by atomic mass is 9.78. The number of alkyl halides is 2. The van der Waals surface area contributed by atoms with E-state index < -0.39 is 6.43 Å². The van der Waals surface area contributed by atoms with Gasteiger partial charge in [-0.3, -0.25) is 4.90 Å². The zero-order chi connectivity index (χ0) is 14.2. The summed E-state index contributed by atoms with van der Waals surface area (Å²) in [6, 6.07) is 0. The molecule has 1 aromatic heterocycles. The van der Waals surface area contributed by atoms with Crippen molar-refractivity contribution in [3.05, 3.63) is 12.2 Å². The Bertz CT molecular complexity index is 461. The van der Waals surface area contributed by atoms with E-state index in [2.05, 4.69) is 21.9 Å². The minimum absolute atomic E-state index is 0.00870. The first-order valence-electron chi connectivity index (χ1n) is 7.11. The molecule has 20 heavy (non-hydrogen) atoms. The predicted molar refractivity (Wildman–Crippen MR) is 68.4 cm³/mol. The average molecular weight is 286 g/mol. The van der Waals surface area contributed by atoms with Crippen molar-refractivity contribution < 1.29 is 13.5 Å². The van der Waals surface area contributed by atoms with E-state index in [0.717, 1.165) is 25.9 Å². The topological polar surface area (TPSA) is 43.2 Å². The summed E-state index contributed by atoms with van der Waals surface area (Å²) in [5.41, 5.74) is -0.00870. The normalized spacial score (nSPS) is 26.1. The van der Waals surface area contributed by atoms with Crippen LogP contribution in [0.15, 0.2) is 6.33 Å². The highest BCUT2D eigenvalue weighted by atomic mass is 19.3. The van der Waals surface area contributed by atoms with E-state index >= 15 is 0 Å². The Morgan fingerprint density at radius 2 is 2.30 bits per heavy atom. The van der Waals surface area contributed by atoms with Gasteiger partial charge in [0, 0.05) is 13.1 Å². The minimum atomic E-state index is -2.41. The van der Waals surface area contributed by atoms with Gasteiger partial charge in [-0.25, -0.2) is 18.4 Å². The van der Waals surface area contributed by atoms with Crippen LogP contribution >= 0.6 is 0 Å². The molecule has 1 aliphatic heterocycles. The van der Waals surface area contributed by atoms with Crippen LogP contribution in [0.2, 0.25) is 0 Å². The highest BCUT2D eigenvalue weighted by Gasteiger charge is 2.44. The SMILES string of the molecule is CC1CN(Cc2ncnn2CC(F)F)CC2(CCC2)O1. The van der Waals surface area contributed by atoms with Crippen molar-refractivity contribution in [1.29, 1.82) is 0 Å². The molecule has 0 bridgehead atoms. The van der Waals surface area contributed by atoms with Gasteiger partial charge in [-0.1, -0.05) is 0 Å². The molecule has 3 rings (SSSR count). The van der Waals surface area contributed by atoms with E-state index in [1.165, 1.54) is 17.4 Å². The molecule has 0 aromatic carbocycles. The molecule has 5 nitrogen and oxygen atoms in total. The zero-order valence-electron chi connectivity index (χ0n) is 11.6. The summed E-state index contributed by atoms with van der Waals surface area (Å²) < 4.78 is 32.3. The second-order valence-electron chi connectivity index (χ2n) is 5.88. The Balaban J connectivity index is 1.66. The van der Waals surface area contributed by atoms with Gasteiger partial charge in [0.05, 0.1) is 18.2 Å². The number of rotatable bonds is 4. The van der Waals surface area contributed by atoms with E-state index in [-0.39, 0.29) is 18.2 Å². The maximum absolute atomic E-state index is 12.5. The smallest absolute Gasteiger partial charge is 0.257 e. The van der Waals surface area contributed by atoms with E-state index in [1.54, 1.807) is 0 Å². The largest absolute Gasteiger partial charge is 0.369 e. The fraction of sp³-hybridized carbons (Fsp3) is 0.846. The molecule has 1 saturated heterocycles. The molecule has 0 N–H and O–H groups in total. The molecule has 2 heterocycles. The number of aromatic nitrogens is 3. The number of halogens is 2. The molecule has 1 saturated carbocycles. The van der Waals surface area contributed by atoms with E-state index in [1.807, 2.05) is 0 Å². The molecule has 0 amide bonds. The Morgan fingerprint density at radius 3 is 2.95 bits per heavy atom. The van der Waals surface area contributed by atoms with Gasteiger partial charge in [-0.15, -0.1) is 0 Å². The van der Waals surface area contributed by atoms with Crippen molar-refractivity contribution in [3.8, 4) is 0 Å². The van der Waals surface area contributed by atoms with Crippen LogP contribution < -0.4 is 0 Å². The maximum Gasteiger partial charge on any atom is 0.257 e. The minimum Gasteiger partial charge on any atom is -0.369 e. The lowest BCUT2D eigenvalue weighted by molar-refractivity contribution is -0.186. The third-order valence-electron chi connectivity index (χ3n) is 4.11. The van der Waals surface area contributed by atoms with E-state index in [4.69, 9.17) is 4.74 Å². The molecule has 1 unspecified atom stereocenters. The quantitative estimate of drug-likeness (QED) is 0.845. The third kappa shape index (κ3) is 2.83. The van der Waals surface area contributed by atoms with Gasteiger partial charge in [-0.05, 0) is 26.2 Å². The van der Waals surface area contributed by atoms with Gasteiger partial charge < -0.3 is 4.74 Å². The predicted octanol–water partition coefficient (Wildman–Crippen LogP) is 1.69. The number of ether oxygens (including phenoxy) is 1. The summed E-state index contributed by atoms with van der Waals surface area (Å²) in [7, 11) is 0. The third-order valence-corrected chi connectivity index (χ3v) is 4.11. The number of hydrogen-bond acceptors (Lipinski definition) is 4. The van der Waals surface area contributed by atoms with Crippen molar-refractivity contribution in [2.75, 3.05) is 13.1 Å². The summed E-state index contributed by atoms with van der Waals surface area (Å²) in [6.07, 6.45) is 2.52. The van der Waals surface area contributed by atoms with Crippen LogP contribution in [0.25, 0.3) is 0 Å². The van der Waals surface area contributed by atoms with Crippen molar-refractivity contribution in [2.45, 2.75) is 57.4 Å². The second kappa shape index (κ2) is 5.37. The highest BCUT2D eigenvalue weighted by molar-refractivity contribution is 4.98. The summed E-state index contributed by atoms with van der Waals surface area (Å²) in [5, 5.41) is 3.88. The molecule has 1 aliphatic carbocycles.